The Morgan fingerprint density at radius 2 is 1.85 bits per heavy atom. The molecule has 0 saturated carbocycles. The van der Waals surface area contributed by atoms with Crippen molar-refractivity contribution in [2.75, 3.05) is 17.8 Å². The van der Waals surface area contributed by atoms with Gasteiger partial charge in [0.1, 0.15) is 0 Å². The second-order valence-electron chi connectivity index (χ2n) is 5.33. The first-order chi connectivity index (χ1) is 9.49. The van der Waals surface area contributed by atoms with Crippen LogP contribution in [0.2, 0.25) is 0 Å². The molecule has 1 aliphatic heterocycles. The summed E-state index contributed by atoms with van der Waals surface area (Å²) in [5, 5.41) is 0. The third kappa shape index (κ3) is 3.94. The third-order valence-corrected chi connectivity index (χ3v) is 5.10. The van der Waals surface area contributed by atoms with Gasteiger partial charge in [-0.1, -0.05) is 25.0 Å². The normalized spacial score (nSPS) is 19.3. The van der Waals surface area contributed by atoms with Crippen molar-refractivity contribution in [2.45, 2.75) is 38.6 Å². The molecule has 0 radical (unpaired) electrons. The Morgan fingerprint density at radius 1 is 1.20 bits per heavy atom. The molecule has 0 aromatic heterocycles. The lowest BCUT2D eigenvalue weighted by Gasteiger charge is -2.21. The molecule has 20 heavy (non-hydrogen) atoms. The van der Waals surface area contributed by atoms with Crippen LogP contribution in [-0.4, -0.2) is 25.8 Å². The van der Waals surface area contributed by atoms with Gasteiger partial charge in [-0.15, -0.1) is 0 Å². The fourth-order valence-corrected chi connectivity index (χ4v) is 3.67. The molecule has 6 heteroatoms. The standard InChI is InChI=1S/C14H23N3O2S/c1-12(15)13-7-6-8-14(11-13)16-20(18,19)17-9-4-2-3-5-10-17/h6-8,11-12,16H,2-5,9-10,15H2,1H3. The second kappa shape index (κ2) is 6.56. The zero-order chi connectivity index (χ0) is 14.6. The summed E-state index contributed by atoms with van der Waals surface area (Å²) in [4.78, 5) is 0. The van der Waals surface area contributed by atoms with E-state index in [2.05, 4.69) is 4.72 Å². The fraction of sp³-hybridized carbons (Fsp3) is 0.571. The first kappa shape index (κ1) is 15.3. The number of benzene rings is 1. The molecular weight excluding hydrogens is 274 g/mol. The minimum absolute atomic E-state index is 0.113. The van der Waals surface area contributed by atoms with Gasteiger partial charge in [-0.05, 0) is 37.5 Å². The van der Waals surface area contributed by atoms with E-state index in [1.165, 1.54) is 0 Å². The molecule has 1 aromatic carbocycles. The molecule has 3 N–H and O–H groups in total. The van der Waals surface area contributed by atoms with Gasteiger partial charge in [0.25, 0.3) is 0 Å². The number of hydrogen-bond acceptors (Lipinski definition) is 3. The van der Waals surface area contributed by atoms with Crippen LogP contribution in [0.3, 0.4) is 0 Å². The lowest BCUT2D eigenvalue weighted by Crippen LogP contribution is -2.36. The summed E-state index contributed by atoms with van der Waals surface area (Å²) in [6.45, 7) is 3.08. The summed E-state index contributed by atoms with van der Waals surface area (Å²) in [5.41, 5.74) is 7.31. The van der Waals surface area contributed by atoms with Crippen molar-refractivity contribution in [1.29, 1.82) is 0 Å². The molecule has 0 aliphatic carbocycles. The summed E-state index contributed by atoms with van der Waals surface area (Å²) in [6.07, 6.45) is 4.07. The number of nitrogens with zero attached hydrogens (tertiary/aromatic N) is 1. The van der Waals surface area contributed by atoms with Gasteiger partial charge in [0.2, 0.25) is 0 Å². The second-order valence-corrected chi connectivity index (χ2v) is 7.01. The van der Waals surface area contributed by atoms with E-state index < -0.39 is 10.2 Å². The van der Waals surface area contributed by atoms with Crippen molar-refractivity contribution >= 4 is 15.9 Å². The predicted molar refractivity (Wildman–Crippen MR) is 81.6 cm³/mol. The SMILES string of the molecule is CC(N)c1cccc(NS(=O)(=O)N2CCCCCC2)c1. The van der Waals surface area contributed by atoms with Crippen molar-refractivity contribution in [3.05, 3.63) is 29.8 Å². The average Bonchev–Trinajstić information content (AvgIpc) is 2.67. The lowest BCUT2D eigenvalue weighted by molar-refractivity contribution is 0.427. The Kier molecular flexibility index (Phi) is 5.01. The van der Waals surface area contributed by atoms with E-state index >= 15 is 0 Å². The fourth-order valence-electron chi connectivity index (χ4n) is 2.38. The van der Waals surface area contributed by atoms with Crippen molar-refractivity contribution in [3.63, 3.8) is 0 Å². The minimum atomic E-state index is -3.46. The van der Waals surface area contributed by atoms with E-state index in [9.17, 15) is 8.42 Å². The lowest BCUT2D eigenvalue weighted by atomic mass is 10.1. The predicted octanol–water partition coefficient (Wildman–Crippen LogP) is 2.24. The van der Waals surface area contributed by atoms with Gasteiger partial charge in [0, 0.05) is 19.1 Å². The Balaban J connectivity index is 2.12. The van der Waals surface area contributed by atoms with Crippen LogP contribution in [0.4, 0.5) is 5.69 Å². The van der Waals surface area contributed by atoms with Crippen molar-refractivity contribution in [2.24, 2.45) is 5.73 Å². The van der Waals surface area contributed by atoms with Crippen LogP contribution in [0.15, 0.2) is 24.3 Å². The summed E-state index contributed by atoms with van der Waals surface area (Å²) in [7, 11) is -3.46. The van der Waals surface area contributed by atoms with Gasteiger partial charge >= 0.3 is 10.2 Å². The summed E-state index contributed by atoms with van der Waals surface area (Å²) in [5.74, 6) is 0. The minimum Gasteiger partial charge on any atom is -0.324 e. The van der Waals surface area contributed by atoms with Crippen molar-refractivity contribution < 1.29 is 8.42 Å². The smallest absolute Gasteiger partial charge is 0.301 e. The van der Waals surface area contributed by atoms with E-state index in [0.29, 0.717) is 18.8 Å². The molecule has 1 aromatic rings. The van der Waals surface area contributed by atoms with Crippen LogP contribution >= 0.6 is 0 Å². The van der Waals surface area contributed by atoms with E-state index in [-0.39, 0.29) is 6.04 Å². The highest BCUT2D eigenvalue weighted by atomic mass is 32.2. The number of anilines is 1. The zero-order valence-electron chi connectivity index (χ0n) is 11.9. The van der Waals surface area contributed by atoms with Gasteiger partial charge < -0.3 is 5.73 Å². The molecule has 0 spiro atoms. The van der Waals surface area contributed by atoms with Gasteiger partial charge in [-0.25, -0.2) is 0 Å². The molecule has 1 heterocycles. The monoisotopic (exact) mass is 297 g/mol. The van der Waals surface area contributed by atoms with Crippen molar-refractivity contribution in [3.8, 4) is 0 Å². The molecule has 1 unspecified atom stereocenters. The highest BCUT2D eigenvalue weighted by Crippen LogP contribution is 2.19. The van der Waals surface area contributed by atoms with Gasteiger partial charge in [-0.2, -0.15) is 12.7 Å². The van der Waals surface area contributed by atoms with E-state index in [0.717, 1.165) is 31.2 Å². The Bertz CT molecular complexity index is 535. The zero-order valence-corrected chi connectivity index (χ0v) is 12.7. The van der Waals surface area contributed by atoms with E-state index in [4.69, 9.17) is 5.73 Å². The Morgan fingerprint density at radius 3 is 2.45 bits per heavy atom. The number of nitrogens with one attached hydrogen (secondary N) is 1. The van der Waals surface area contributed by atoms with Crippen molar-refractivity contribution in [1.82, 2.24) is 4.31 Å². The first-order valence-corrected chi connectivity index (χ1v) is 8.56. The highest BCUT2D eigenvalue weighted by Gasteiger charge is 2.22. The van der Waals surface area contributed by atoms with Crippen LogP contribution in [0.1, 0.15) is 44.2 Å². The molecule has 112 valence electrons. The molecule has 1 atom stereocenters. The van der Waals surface area contributed by atoms with Gasteiger partial charge in [-0.3, -0.25) is 4.72 Å². The quantitative estimate of drug-likeness (QED) is 0.895. The van der Waals surface area contributed by atoms with Crippen LogP contribution in [0, 0.1) is 0 Å². The molecule has 0 amide bonds. The number of rotatable bonds is 4. The Labute approximate surface area is 121 Å². The van der Waals surface area contributed by atoms with Gasteiger partial charge in [0.15, 0.2) is 0 Å². The van der Waals surface area contributed by atoms with Crippen LogP contribution < -0.4 is 10.5 Å². The largest absolute Gasteiger partial charge is 0.324 e. The maximum absolute atomic E-state index is 12.4. The first-order valence-electron chi connectivity index (χ1n) is 7.12. The molecule has 1 saturated heterocycles. The van der Waals surface area contributed by atoms with Crippen LogP contribution in [0.25, 0.3) is 0 Å². The van der Waals surface area contributed by atoms with Gasteiger partial charge in [0.05, 0.1) is 5.69 Å². The maximum Gasteiger partial charge on any atom is 0.301 e. The van der Waals surface area contributed by atoms with Crippen LogP contribution in [0.5, 0.6) is 0 Å². The van der Waals surface area contributed by atoms with E-state index in [1.54, 1.807) is 16.4 Å². The average molecular weight is 297 g/mol. The topological polar surface area (TPSA) is 75.4 Å². The molecule has 2 rings (SSSR count). The summed E-state index contributed by atoms with van der Waals surface area (Å²) < 4.78 is 28.9. The molecular formula is C14H23N3O2S. The number of nitrogens with two attached hydrogens (primary N) is 1. The molecule has 0 bridgehead atoms. The molecule has 1 aliphatic rings. The Hall–Kier alpha value is -1.11. The summed E-state index contributed by atoms with van der Waals surface area (Å²) in [6, 6.07) is 7.15. The molecule has 5 nitrogen and oxygen atoms in total. The maximum atomic E-state index is 12.4. The molecule has 1 fully saturated rings. The van der Waals surface area contributed by atoms with E-state index in [1.807, 2.05) is 19.1 Å². The number of hydrogen-bond donors (Lipinski definition) is 2. The third-order valence-electron chi connectivity index (χ3n) is 3.56. The summed E-state index contributed by atoms with van der Waals surface area (Å²) >= 11 is 0. The highest BCUT2D eigenvalue weighted by molar-refractivity contribution is 7.90. The van der Waals surface area contributed by atoms with Crippen LogP contribution in [-0.2, 0) is 10.2 Å².